The fourth-order valence-electron chi connectivity index (χ4n) is 1.52. The van der Waals surface area contributed by atoms with Crippen LogP contribution < -0.4 is 10.2 Å². The Bertz CT molecular complexity index is 571. The van der Waals surface area contributed by atoms with Crippen LogP contribution in [0.1, 0.15) is 12.5 Å². The molecule has 2 aromatic rings. The second-order valence-corrected chi connectivity index (χ2v) is 6.64. The predicted octanol–water partition coefficient (Wildman–Crippen LogP) is 3.00. The van der Waals surface area contributed by atoms with Crippen LogP contribution in [0.15, 0.2) is 27.4 Å². The Morgan fingerprint density at radius 1 is 1.35 bits per heavy atom. The van der Waals surface area contributed by atoms with Gasteiger partial charge in [0.1, 0.15) is 5.82 Å². The number of aromatic nitrogens is 2. The SMILES string of the molecule is CCNCc1ccc(Sc2nnc(N(C)C)s2)c(F)c1. The van der Waals surface area contributed by atoms with Gasteiger partial charge in [0.05, 0.1) is 4.90 Å². The number of nitrogens with zero attached hydrogens (tertiary/aromatic N) is 3. The summed E-state index contributed by atoms with van der Waals surface area (Å²) in [6.07, 6.45) is 0. The minimum Gasteiger partial charge on any atom is -0.353 e. The highest BCUT2D eigenvalue weighted by Crippen LogP contribution is 2.34. The molecule has 0 bridgehead atoms. The zero-order chi connectivity index (χ0) is 14.5. The lowest BCUT2D eigenvalue weighted by atomic mass is 10.2. The maximum Gasteiger partial charge on any atom is 0.208 e. The van der Waals surface area contributed by atoms with Crippen LogP contribution in [0.25, 0.3) is 0 Å². The van der Waals surface area contributed by atoms with Gasteiger partial charge >= 0.3 is 0 Å². The summed E-state index contributed by atoms with van der Waals surface area (Å²) >= 11 is 2.76. The molecule has 1 aromatic carbocycles. The summed E-state index contributed by atoms with van der Waals surface area (Å²) in [6, 6.07) is 5.30. The maximum atomic E-state index is 14.0. The molecule has 1 heterocycles. The lowest BCUT2D eigenvalue weighted by molar-refractivity contribution is 0.596. The first-order chi connectivity index (χ1) is 9.60. The van der Waals surface area contributed by atoms with E-state index in [1.54, 1.807) is 12.1 Å². The van der Waals surface area contributed by atoms with Gasteiger partial charge in [-0.05, 0) is 24.2 Å². The summed E-state index contributed by atoms with van der Waals surface area (Å²) in [5, 5.41) is 12.1. The number of hydrogen-bond donors (Lipinski definition) is 1. The van der Waals surface area contributed by atoms with Crippen LogP contribution in [0, 0.1) is 5.82 Å². The molecule has 0 saturated heterocycles. The van der Waals surface area contributed by atoms with Gasteiger partial charge in [-0.25, -0.2) is 4.39 Å². The third-order valence-electron chi connectivity index (χ3n) is 2.55. The Labute approximate surface area is 126 Å². The lowest BCUT2D eigenvalue weighted by Gasteiger charge is -2.05. The minimum atomic E-state index is -0.216. The van der Waals surface area contributed by atoms with Crippen molar-refractivity contribution in [3.63, 3.8) is 0 Å². The van der Waals surface area contributed by atoms with Crippen LogP contribution in [0.5, 0.6) is 0 Å². The quantitative estimate of drug-likeness (QED) is 0.888. The Balaban J connectivity index is 2.08. The zero-order valence-electron chi connectivity index (χ0n) is 11.7. The molecular formula is C13H17FN4S2. The van der Waals surface area contributed by atoms with Crippen molar-refractivity contribution in [2.75, 3.05) is 25.5 Å². The molecule has 0 spiro atoms. The van der Waals surface area contributed by atoms with Gasteiger partial charge in [0, 0.05) is 20.6 Å². The number of rotatable bonds is 6. The van der Waals surface area contributed by atoms with Crippen molar-refractivity contribution in [2.45, 2.75) is 22.7 Å². The fraction of sp³-hybridized carbons (Fsp3) is 0.385. The van der Waals surface area contributed by atoms with Gasteiger partial charge in [0.2, 0.25) is 5.13 Å². The van der Waals surface area contributed by atoms with Crippen molar-refractivity contribution < 1.29 is 4.39 Å². The van der Waals surface area contributed by atoms with Crippen LogP contribution in [-0.4, -0.2) is 30.8 Å². The van der Waals surface area contributed by atoms with E-state index in [4.69, 9.17) is 0 Å². The summed E-state index contributed by atoms with van der Waals surface area (Å²) in [5.41, 5.74) is 0.944. The van der Waals surface area contributed by atoms with Gasteiger partial charge in [0.25, 0.3) is 0 Å². The first-order valence-electron chi connectivity index (χ1n) is 6.28. The second kappa shape index (κ2) is 7.01. The van der Waals surface area contributed by atoms with Crippen LogP contribution in [0.4, 0.5) is 9.52 Å². The van der Waals surface area contributed by atoms with Crippen molar-refractivity contribution in [3.8, 4) is 0 Å². The summed E-state index contributed by atoms with van der Waals surface area (Å²) in [4.78, 5) is 2.46. The first-order valence-corrected chi connectivity index (χ1v) is 7.91. The van der Waals surface area contributed by atoms with Gasteiger partial charge in [-0.2, -0.15) is 0 Å². The monoisotopic (exact) mass is 312 g/mol. The van der Waals surface area contributed by atoms with Crippen molar-refractivity contribution in [2.24, 2.45) is 0 Å². The molecule has 108 valence electrons. The molecule has 0 saturated carbocycles. The highest BCUT2D eigenvalue weighted by atomic mass is 32.2. The molecule has 0 unspecified atom stereocenters. The Morgan fingerprint density at radius 2 is 2.15 bits per heavy atom. The fourth-order valence-corrected chi connectivity index (χ4v) is 3.25. The number of halogens is 1. The lowest BCUT2D eigenvalue weighted by Crippen LogP contribution is -2.11. The van der Waals surface area contributed by atoms with Gasteiger partial charge in [0.15, 0.2) is 4.34 Å². The molecule has 4 nitrogen and oxygen atoms in total. The third-order valence-corrected chi connectivity index (χ3v) is 4.74. The summed E-state index contributed by atoms with van der Waals surface area (Å²) < 4.78 is 14.8. The normalized spacial score (nSPS) is 10.8. The van der Waals surface area contributed by atoms with Gasteiger partial charge < -0.3 is 10.2 Å². The van der Waals surface area contributed by atoms with E-state index >= 15 is 0 Å². The summed E-state index contributed by atoms with van der Waals surface area (Å²) in [6.45, 7) is 3.58. The van der Waals surface area contributed by atoms with Gasteiger partial charge in [-0.15, -0.1) is 10.2 Å². The van der Waals surface area contributed by atoms with Crippen LogP contribution in [0.3, 0.4) is 0 Å². The maximum absolute atomic E-state index is 14.0. The molecule has 0 fully saturated rings. The topological polar surface area (TPSA) is 41.1 Å². The molecule has 0 aliphatic heterocycles. The standard InChI is InChI=1S/C13H17FN4S2/c1-4-15-8-9-5-6-11(10(14)7-9)19-13-17-16-12(20-13)18(2)3/h5-7,15H,4,8H2,1-3H3. The molecule has 1 aromatic heterocycles. The van der Waals surface area contributed by atoms with Crippen molar-refractivity contribution >= 4 is 28.2 Å². The molecule has 0 aliphatic rings. The van der Waals surface area contributed by atoms with E-state index in [0.29, 0.717) is 11.4 Å². The largest absolute Gasteiger partial charge is 0.353 e. The van der Waals surface area contributed by atoms with Gasteiger partial charge in [-0.1, -0.05) is 36.1 Å². The molecule has 1 N–H and O–H groups in total. The van der Waals surface area contributed by atoms with E-state index in [1.807, 2.05) is 32.0 Å². The highest BCUT2D eigenvalue weighted by molar-refractivity contribution is 8.01. The molecular weight excluding hydrogens is 295 g/mol. The van der Waals surface area contributed by atoms with E-state index < -0.39 is 0 Å². The number of nitrogens with one attached hydrogen (secondary N) is 1. The third kappa shape index (κ3) is 3.91. The van der Waals surface area contributed by atoms with E-state index in [0.717, 1.165) is 21.6 Å². The Kier molecular flexibility index (Phi) is 5.33. The molecule has 7 heteroatoms. The Morgan fingerprint density at radius 3 is 2.75 bits per heavy atom. The smallest absolute Gasteiger partial charge is 0.208 e. The Hall–Kier alpha value is -1.18. The van der Waals surface area contributed by atoms with E-state index in [1.165, 1.54) is 23.1 Å². The highest BCUT2D eigenvalue weighted by Gasteiger charge is 2.11. The van der Waals surface area contributed by atoms with Crippen LogP contribution in [0.2, 0.25) is 0 Å². The minimum absolute atomic E-state index is 0.216. The van der Waals surface area contributed by atoms with Crippen LogP contribution in [-0.2, 0) is 6.54 Å². The van der Waals surface area contributed by atoms with Crippen molar-refractivity contribution in [1.29, 1.82) is 0 Å². The molecule has 0 aliphatic carbocycles. The average molecular weight is 312 g/mol. The molecule has 2 rings (SSSR count). The average Bonchev–Trinajstić information content (AvgIpc) is 2.88. The summed E-state index contributed by atoms with van der Waals surface area (Å²) in [7, 11) is 3.82. The van der Waals surface area contributed by atoms with Crippen molar-refractivity contribution in [1.82, 2.24) is 15.5 Å². The van der Waals surface area contributed by atoms with Crippen molar-refractivity contribution in [3.05, 3.63) is 29.6 Å². The zero-order valence-corrected chi connectivity index (χ0v) is 13.3. The molecule has 0 amide bonds. The molecule has 0 atom stereocenters. The number of hydrogen-bond acceptors (Lipinski definition) is 6. The number of benzene rings is 1. The molecule has 20 heavy (non-hydrogen) atoms. The van der Waals surface area contributed by atoms with Gasteiger partial charge in [-0.3, -0.25) is 0 Å². The predicted molar refractivity (Wildman–Crippen MR) is 82.1 cm³/mol. The van der Waals surface area contributed by atoms with E-state index in [-0.39, 0.29) is 5.82 Å². The first kappa shape index (κ1) is 15.2. The van der Waals surface area contributed by atoms with E-state index in [9.17, 15) is 4.39 Å². The molecule has 0 radical (unpaired) electrons. The van der Waals surface area contributed by atoms with Crippen LogP contribution >= 0.6 is 23.1 Å². The van der Waals surface area contributed by atoms with E-state index in [2.05, 4.69) is 15.5 Å². The second-order valence-electron chi connectivity index (χ2n) is 4.39. The summed E-state index contributed by atoms with van der Waals surface area (Å²) in [5.74, 6) is -0.216. The number of anilines is 1.